The van der Waals surface area contributed by atoms with Crippen molar-refractivity contribution in [3.8, 4) is 0 Å². The van der Waals surface area contributed by atoms with Gasteiger partial charge in [-0.25, -0.2) is 9.69 Å². The third-order valence-electron chi connectivity index (χ3n) is 4.91. The van der Waals surface area contributed by atoms with E-state index in [-0.39, 0.29) is 17.9 Å². The number of nitrogens with zero attached hydrogens (tertiary/aromatic N) is 2. The van der Waals surface area contributed by atoms with Crippen LogP contribution in [0.3, 0.4) is 0 Å². The number of rotatable bonds is 1. The van der Waals surface area contributed by atoms with Crippen LogP contribution in [0.1, 0.15) is 52.6 Å². The Bertz CT molecular complexity index is 955. The van der Waals surface area contributed by atoms with E-state index < -0.39 is 5.60 Å². The van der Waals surface area contributed by atoms with Crippen molar-refractivity contribution in [2.75, 3.05) is 11.4 Å². The molecule has 6 nitrogen and oxygen atoms in total. The summed E-state index contributed by atoms with van der Waals surface area (Å²) >= 11 is 0. The highest BCUT2D eigenvalue weighted by Gasteiger charge is 2.36. The fourth-order valence-electron chi connectivity index (χ4n) is 3.58. The molecule has 0 bridgehead atoms. The Morgan fingerprint density at radius 3 is 2.21 bits per heavy atom. The third kappa shape index (κ3) is 3.15. The number of imide groups is 1. The van der Waals surface area contributed by atoms with Gasteiger partial charge in [0.1, 0.15) is 5.60 Å². The molecule has 0 saturated carbocycles. The molecule has 2 aromatic carbocycles. The molecule has 0 aliphatic carbocycles. The van der Waals surface area contributed by atoms with Gasteiger partial charge in [-0.1, -0.05) is 18.2 Å². The SMILES string of the molecule is CC(C)(C)OC(=O)N1CCc2cc(N3C(=O)c4ccccc4C3=O)ccc2C1. The van der Waals surface area contributed by atoms with Crippen LogP contribution < -0.4 is 4.90 Å². The first-order valence-corrected chi connectivity index (χ1v) is 9.32. The van der Waals surface area contributed by atoms with E-state index >= 15 is 0 Å². The Kier molecular flexibility index (Phi) is 4.22. The summed E-state index contributed by atoms with van der Waals surface area (Å²) in [6.07, 6.45) is 0.313. The molecule has 0 saturated heterocycles. The van der Waals surface area contributed by atoms with Gasteiger partial charge in [0.15, 0.2) is 0 Å². The van der Waals surface area contributed by atoms with E-state index in [1.165, 1.54) is 4.90 Å². The van der Waals surface area contributed by atoms with E-state index in [0.717, 1.165) is 11.1 Å². The van der Waals surface area contributed by atoms with Gasteiger partial charge in [0, 0.05) is 13.1 Å². The molecule has 2 aliphatic heterocycles. The van der Waals surface area contributed by atoms with Gasteiger partial charge in [0.2, 0.25) is 0 Å². The summed E-state index contributed by atoms with van der Waals surface area (Å²) in [6.45, 7) is 6.52. The maximum atomic E-state index is 12.7. The second-order valence-electron chi connectivity index (χ2n) is 8.10. The van der Waals surface area contributed by atoms with Gasteiger partial charge in [-0.3, -0.25) is 9.59 Å². The smallest absolute Gasteiger partial charge is 0.410 e. The average molecular weight is 378 g/mol. The third-order valence-corrected chi connectivity index (χ3v) is 4.91. The van der Waals surface area contributed by atoms with Crippen molar-refractivity contribution in [2.45, 2.75) is 39.3 Å². The molecule has 0 fully saturated rings. The summed E-state index contributed by atoms with van der Waals surface area (Å²) in [4.78, 5) is 40.6. The lowest BCUT2D eigenvalue weighted by atomic mass is 9.99. The Labute approximate surface area is 163 Å². The van der Waals surface area contributed by atoms with Crippen LogP contribution >= 0.6 is 0 Å². The van der Waals surface area contributed by atoms with Crippen molar-refractivity contribution in [2.24, 2.45) is 0 Å². The van der Waals surface area contributed by atoms with Crippen LogP contribution in [-0.2, 0) is 17.7 Å². The Morgan fingerprint density at radius 2 is 1.61 bits per heavy atom. The minimum atomic E-state index is -0.535. The van der Waals surface area contributed by atoms with Gasteiger partial charge < -0.3 is 9.64 Å². The lowest BCUT2D eigenvalue weighted by Crippen LogP contribution is -2.40. The van der Waals surface area contributed by atoms with E-state index in [4.69, 9.17) is 4.74 Å². The maximum absolute atomic E-state index is 12.7. The number of amides is 3. The fourth-order valence-corrected chi connectivity index (χ4v) is 3.58. The zero-order valence-electron chi connectivity index (χ0n) is 16.2. The number of anilines is 1. The second kappa shape index (κ2) is 6.48. The number of ether oxygens (including phenoxy) is 1. The number of fused-ring (bicyclic) bond motifs is 2. The molecular weight excluding hydrogens is 356 g/mol. The fraction of sp³-hybridized carbons (Fsp3) is 0.318. The standard InChI is InChI=1S/C22H22N2O4/c1-22(2,3)28-21(27)23-11-10-14-12-16(9-8-15(14)13-23)24-19(25)17-6-4-5-7-18(17)20(24)26/h4-9,12H,10-11,13H2,1-3H3. The molecular formula is C22H22N2O4. The highest BCUT2D eigenvalue weighted by atomic mass is 16.6. The minimum Gasteiger partial charge on any atom is -0.444 e. The van der Waals surface area contributed by atoms with Crippen LogP contribution in [-0.4, -0.2) is 35.0 Å². The van der Waals surface area contributed by atoms with E-state index in [0.29, 0.717) is 36.3 Å². The molecule has 4 rings (SSSR count). The van der Waals surface area contributed by atoms with Gasteiger partial charge in [0.25, 0.3) is 11.8 Å². The first kappa shape index (κ1) is 18.2. The number of benzene rings is 2. The highest BCUT2D eigenvalue weighted by Crippen LogP contribution is 2.31. The van der Waals surface area contributed by atoms with Crippen LogP contribution in [0, 0.1) is 0 Å². The molecule has 0 unspecified atom stereocenters. The molecule has 2 heterocycles. The summed E-state index contributed by atoms with van der Waals surface area (Å²) < 4.78 is 5.45. The predicted molar refractivity (Wildman–Crippen MR) is 104 cm³/mol. The van der Waals surface area contributed by atoms with Crippen LogP contribution in [0.2, 0.25) is 0 Å². The number of hydrogen-bond acceptors (Lipinski definition) is 4. The van der Waals surface area contributed by atoms with E-state index in [2.05, 4.69) is 0 Å². The highest BCUT2D eigenvalue weighted by molar-refractivity contribution is 6.34. The van der Waals surface area contributed by atoms with E-state index in [1.54, 1.807) is 35.2 Å². The molecule has 3 amide bonds. The number of carbonyl (C=O) groups is 3. The molecule has 0 atom stereocenters. The average Bonchev–Trinajstić information content (AvgIpc) is 2.90. The molecule has 0 aromatic heterocycles. The van der Waals surface area contributed by atoms with Crippen LogP contribution in [0.4, 0.5) is 10.5 Å². The quantitative estimate of drug-likeness (QED) is 0.709. The Hall–Kier alpha value is -3.15. The predicted octanol–water partition coefficient (Wildman–Crippen LogP) is 3.78. The second-order valence-corrected chi connectivity index (χ2v) is 8.10. The van der Waals surface area contributed by atoms with Crippen LogP contribution in [0.15, 0.2) is 42.5 Å². The lowest BCUT2D eigenvalue weighted by molar-refractivity contribution is 0.0224. The molecule has 28 heavy (non-hydrogen) atoms. The van der Waals surface area contributed by atoms with Gasteiger partial charge in [-0.15, -0.1) is 0 Å². The maximum Gasteiger partial charge on any atom is 0.410 e. The Balaban J connectivity index is 1.56. The van der Waals surface area contributed by atoms with Crippen molar-refractivity contribution in [3.05, 3.63) is 64.7 Å². The molecule has 2 aromatic rings. The zero-order chi connectivity index (χ0) is 20.1. The van der Waals surface area contributed by atoms with Gasteiger partial charge in [-0.2, -0.15) is 0 Å². The first-order valence-electron chi connectivity index (χ1n) is 9.32. The van der Waals surface area contributed by atoms with Crippen molar-refractivity contribution >= 4 is 23.6 Å². The monoisotopic (exact) mass is 378 g/mol. The molecule has 0 N–H and O–H groups in total. The van der Waals surface area contributed by atoms with Gasteiger partial charge >= 0.3 is 6.09 Å². The van der Waals surface area contributed by atoms with Crippen LogP contribution in [0.5, 0.6) is 0 Å². The summed E-state index contributed by atoms with van der Waals surface area (Å²) in [7, 11) is 0. The molecule has 0 spiro atoms. The molecule has 6 heteroatoms. The Morgan fingerprint density at radius 1 is 0.964 bits per heavy atom. The van der Waals surface area contributed by atoms with Gasteiger partial charge in [0.05, 0.1) is 16.8 Å². The van der Waals surface area contributed by atoms with Crippen molar-refractivity contribution in [1.82, 2.24) is 4.90 Å². The summed E-state index contributed by atoms with van der Waals surface area (Å²) in [6, 6.07) is 12.4. The van der Waals surface area contributed by atoms with Crippen LogP contribution in [0.25, 0.3) is 0 Å². The molecule has 2 aliphatic rings. The van der Waals surface area contributed by atoms with Gasteiger partial charge in [-0.05, 0) is 62.6 Å². The summed E-state index contributed by atoms with van der Waals surface area (Å²) in [5, 5.41) is 0. The van der Waals surface area contributed by atoms with E-state index in [9.17, 15) is 14.4 Å². The number of hydrogen-bond donors (Lipinski definition) is 0. The summed E-state index contributed by atoms with van der Waals surface area (Å²) in [5.74, 6) is -0.599. The minimum absolute atomic E-state index is 0.299. The molecule has 0 radical (unpaired) electrons. The zero-order valence-corrected chi connectivity index (χ0v) is 16.2. The first-order chi connectivity index (χ1) is 13.2. The van der Waals surface area contributed by atoms with Crippen molar-refractivity contribution in [1.29, 1.82) is 0 Å². The largest absolute Gasteiger partial charge is 0.444 e. The molecule has 144 valence electrons. The van der Waals surface area contributed by atoms with Crippen molar-refractivity contribution in [3.63, 3.8) is 0 Å². The topological polar surface area (TPSA) is 66.9 Å². The van der Waals surface area contributed by atoms with E-state index in [1.807, 2.05) is 32.9 Å². The lowest BCUT2D eigenvalue weighted by Gasteiger charge is -2.31. The van der Waals surface area contributed by atoms with Crippen molar-refractivity contribution < 1.29 is 19.1 Å². The number of carbonyl (C=O) groups excluding carboxylic acids is 3. The summed E-state index contributed by atoms with van der Waals surface area (Å²) in [5.41, 5.74) is 2.93. The normalized spacial score (nSPS) is 16.1.